The number of hydrogen-bond donors (Lipinski definition) is 1. The summed E-state index contributed by atoms with van der Waals surface area (Å²) in [7, 11) is 0. The van der Waals surface area contributed by atoms with Gasteiger partial charge in [0.1, 0.15) is 0 Å². The topological polar surface area (TPSA) is 62.3 Å². The molecule has 0 aliphatic carbocycles. The largest absolute Gasteiger partial charge is 0.454 e. The lowest BCUT2D eigenvalue weighted by molar-refractivity contribution is 0.174. The van der Waals surface area contributed by atoms with Crippen LogP contribution in [-0.2, 0) is 0 Å². The SMILES string of the molecule is Nc1nc2cc(I)ccc2n1-c1ccc2c(c1)OCO2. The average Bonchev–Trinajstić information content (AvgIpc) is 3.00. The van der Waals surface area contributed by atoms with Gasteiger partial charge in [0.15, 0.2) is 11.5 Å². The van der Waals surface area contributed by atoms with Gasteiger partial charge in [0.2, 0.25) is 12.7 Å². The molecule has 0 radical (unpaired) electrons. The van der Waals surface area contributed by atoms with Gasteiger partial charge in [-0.15, -0.1) is 0 Å². The molecule has 2 heterocycles. The van der Waals surface area contributed by atoms with Gasteiger partial charge in [-0.25, -0.2) is 4.98 Å². The Morgan fingerprint density at radius 2 is 1.95 bits per heavy atom. The predicted octanol–water partition coefficient (Wildman–Crippen LogP) is 2.94. The Labute approximate surface area is 128 Å². The van der Waals surface area contributed by atoms with Crippen molar-refractivity contribution in [2.45, 2.75) is 0 Å². The summed E-state index contributed by atoms with van der Waals surface area (Å²) in [6.07, 6.45) is 0. The van der Waals surface area contributed by atoms with Crippen molar-refractivity contribution in [1.82, 2.24) is 9.55 Å². The van der Waals surface area contributed by atoms with E-state index in [2.05, 4.69) is 27.6 Å². The molecule has 20 heavy (non-hydrogen) atoms. The molecule has 1 aromatic heterocycles. The van der Waals surface area contributed by atoms with Gasteiger partial charge in [-0.2, -0.15) is 0 Å². The third-order valence-corrected chi connectivity index (χ3v) is 3.93. The van der Waals surface area contributed by atoms with Crippen LogP contribution in [0.2, 0.25) is 0 Å². The van der Waals surface area contributed by atoms with Crippen molar-refractivity contribution in [3.63, 3.8) is 0 Å². The monoisotopic (exact) mass is 379 g/mol. The van der Waals surface area contributed by atoms with Crippen LogP contribution in [0.4, 0.5) is 5.95 Å². The Hall–Kier alpha value is -1.96. The highest BCUT2D eigenvalue weighted by atomic mass is 127. The van der Waals surface area contributed by atoms with Crippen molar-refractivity contribution < 1.29 is 9.47 Å². The number of ether oxygens (including phenoxy) is 2. The summed E-state index contributed by atoms with van der Waals surface area (Å²) in [5.74, 6) is 1.95. The third kappa shape index (κ3) is 1.71. The summed E-state index contributed by atoms with van der Waals surface area (Å²) in [4.78, 5) is 4.41. The van der Waals surface area contributed by atoms with Gasteiger partial charge in [0.05, 0.1) is 16.7 Å². The maximum atomic E-state index is 6.06. The van der Waals surface area contributed by atoms with Gasteiger partial charge in [-0.05, 0) is 52.9 Å². The zero-order chi connectivity index (χ0) is 13.7. The molecule has 0 bridgehead atoms. The smallest absolute Gasteiger partial charge is 0.231 e. The number of anilines is 1. The second kappa shape index (κ2) is 4.27. The summed E-state index contributed by atoms with van der Waals surface area (Å²) in [6, 6.07) is 11.8. The number of nitrogens with two attached hydrogens (primary N) is 1. The third-order valence-electron chi connectivity index (χ3n) is 3.26. The van der Waals surface area contributed by atoms with E-state index in [0.717, 1.165) is 31.8 Å². The minimum Gasteiger partial charge on any atom is -0.454 e. The minimum absolute atomic E-state index is 0.261. The van der Waals surface area contributed by atoms with Crippen LogP contribution in [0.25, 0.3) is 16.7 Å². The normalized spacial score (nSPS) is 13.1. The summed E-state index contributed by atoms with van der Waals surface area (Å²) in [6.45, 7) is 0.261. The van der Waals surface area contributed by atoms with Crippen molar-refractivity contribution in [2.24, 2.45) is 0 Å². The Kier molecular flexibility index (Phi) is 2.53. The van der Waals surface area contributed by atoms with Gasteiger partial charge in [-0.1, -0.05) is 0 Å². The maximum absolute atomic E-state index is 6.06. The van der Waals surface area contributed by atoms with Crippen LogP contribution in [0.1, 0.15) is 0 Å². The van der Waals surface area contributed by atoms with Gasteiger partial charge in [0, 0.05) is 9.64 Å². The van der Waals surface area contributed by atoms with Crippen molar-refractivity contribution in [3.05, 3.63) is 40.0 Å². The molecule has 0 saturated heterocycles. The van der Waals surface area contributed by atoms with E-state index < -0.39 is 0 Å². The van der Waals surface area contributed by atoms with Gasteiger partial charge >= 0.3 is 0 Å². The van der Waals surface area contributed by atoms with Gasteiger partial charge < -0.3 is 15.2 Å². The fourth-order valence-electron chi connectivity index (χ4n) is 2.37. The van der Waals surface area contributed by atoms with E-state index in [0.29, 0.717) is 5.95 Å². The summed E-state index contributed by atoms with van der Waals surface area (Å²) < 4.78 is 13.8. The number of rotatable bonds is 1. The Morgan fingerprint density at radius 1 is 1.10 bits per heavy atom. The molecular weight excluding hydrogens is 369 g/mol. The van der Waals surface area contributed by atoms with Crippen LogP contribution in [-0.4, -0.2) is 16.3 Å². The highest BCUT2D eigenvalue weighted by Gasteiger charge is 2.16. The minimum atomic E-state index is 0.261. The molecule has 0 unspecified atom stereocenters. The first-order valence-electron chi connectivity index (χ1n) is 6.06. The summed E-state index contributed by atoms with van der Waals surface area (Å²) >= 11 is 2.26. The van der Waals surface area contributed by atoms with Crippen molar-refractivity contribution in [2.75, 3.05) is 12.5 Å². The molecule has 6 heteroatoms. The van der Waals surface area contributed by atoms with Crippen molar-refractivity contribution >= 4 is 39.6 Å². The lowest BCUT2D eigenvalue weighted by Gasteiger charge is -2.07. The second-order valence-electron chi connectivity index (χ2n) is 4.48. The molecule has 1 aliphatic heterocycles. The van der Waals surface area contributed by atoms with E-state index in [1.807, 2.05) is 41.0 Å². The Morgan fingerprint density at radius 3 is 2.85 bits per heavy atom. The molecule has 0 atom stereocenters. The Balaban J connectivity index is 1.96. The molecule has 0 spiro atoms. The molecule has 100 valence electrons. The number of benzene rings is 2. The molecule has 2 aromatic carbocycles. The van der Waals surface area contributed by atoms with E-state index in [1.54, 1.807) is 0 Å². The standard InChI is InChI=1S/C14H10IN3O2/c15-8-1-3-11-10(5-8)17-14(16)18(11)9-2-4-12-13(6-9)20-7-19-12/h1-6H,7H2,(H2,16,17). The van der Waals surface area contributed by atoms with Crippen LogP contribution < -0.4 is 15.2 Å². The summed E-state index contributed by atoms with van der Waals surface area (Å²) in [5.41, 5.74) is 8.83. The molecular formula is C14H10IN3O2. The van der Waals surface area contributed by atoms with Crippen LogP contribution in [0.3, 0.4) is 0 Å². The number of nitrogens with zero attached hydrogens (tertiary/aromatic N) is 2. The fourth-order valence-corrected chi connectivity index (χ4v) is 2.84. The zero-order valence-corrected chi connectivity index (χ0v) is 12.5. The molecule has 2 N–H and O–H groups in total. The first-order valence-corrected chi connectivity index (χ1v) is 7.14. The second-order valence-corrected chi connectivity index (χ2v) is 5.72. The lowest BCUT2D eigenvalue weighted by atomic mass is 10.2. The summed E-state index contributed by atoms with van der Waals surface area (Å²) in [5, 5.41) is 0. The first-order chi connectivity index (χ1) is 9.72. The highest BCUT2D eigenvalue weighted by Crippen LogP contribution is 2.35. The number of imidazole rings is 1. The van der Waals surface area contributed by atoms with Crippen LogP contribution >= 0.6 is 22.6 Å². The lowest BCUT2D eigenvalue weighted by Crippen LogP contribution is -2.00. The number of nitrogen functional groups attached to an aromatic ring is 1. The molecule has 4 rings (SSSR count). The van der Waals surface area contributed by atoms with Crippen LogP contribution in [0, 0.1) is 3.57 Å². The number of aromatic nitrogens is 2. The van der Waals surface area contributed by atoms with Crippen molar-refractivity contribution in [3.8, 4) is 17.2 Å². The van der Waals surface area contributed by atoms with Gasteiger partial charge in [-0.3, -0.25) is 4.57 Å². The fraction of sp³-hybridized carbons (Fsp3) is 0.0714. The molecule has 0 amide bonds. The van der Waals surface area contributed by atoms with Crippen LogP contribution in [0.5, 0.6) is 11.5 Å². The van der Waals surface area contributed by atoms with E-state index >= 15 is 0 Å². The zero-order valence-electron chi connectivity index (χ0n) is 10.3. The van der Waals surface area contributed by atoms with E-state index in [4.69, 9.17) is 15.2 Å². The molecule has 5 nitrogen and oxygen atoms in total. The number of hydrogen-bond acceptors (Lipinski definition) is 4. The maximum Gasteiger partial charge on any atom is 0.231 e. The first kappa shape index (κ1) is 11.8. The molecule has 0 saturated carbocycles. The molecule has 3 aromatic rings. The van der Waals surface area contributed by atoms with Gasteiger partial charge in [0.25, 0.3) is 0 Å². The molecule has 0 fully saturated rings. The van der Waals surface area contributed by atoms with Crippen molar-refractivity contribution in [1.29, 1.82) is 0 Å². The predicted molar refractivity (Wildman–Crippen MR) is 84.3 cm³/mol. The Bertz CT molecular complexity index is 829. The van der Waals surface area contributed by atoms with Crippen LogP contribution in [0.15, 0.2) is 36.4 Å². The van der Waals surface area contributed by atoms with E-state index in [-0.39, 0.29) is 6.79 Å². The highest BCUT2D eigenvalue weighted by molar-refractivity contribution is 14.1. The quantitative estimate of drug-likeness (QED) is 0.661. The van der Waals surface area contributed by atoms with E-state index in [1.165, 1.54) is 0 Å². The van der Waals surface area contributed by atoms with E-state index in [9.17, 15) is 0 Å². The number of halogens is 1. The number of fused-ring (bicyclic) bond motifs is 2. The molecule has 1 aliphatic rings. The average molecular weight is 379 g/mol.